The van der Waals surface area contributed by atoms with Crippen LogP contribution in [0.15, 0.2) is 61.2 Å². The van der Waals surface area contributed by atoms with E-state index < -0.39 is 39.0 Å². The van der Waals surface area contributed by atoms with Gasteiger partial charge in [0.05, 0.1) is 21.7 Å². The van der Waals surface area contributed by atoms with Crippen LogP contribution in [0.4, 0.5) is 24.5 Å². The highest BCUT2D eigenvalue weighted by molar-refractivity contribution is 6.54. The first kappa shape index (κ1) is 26.1. The van der Waals surface area contributed by atoms with E-state index in [0.29, 0.717) is 29.2 Å². The van der Waals surface area contributed by atoms with Gasteiger partial charge in [0.25, 0.3) is 5.91 Å². The van der Waals surface area contributed by atoms with Gasteiger partial charge in [-0.15, -0.1) is 0 Å². The van der Waals surface area contributed by atoms with Gasteiger partial charge < -0.3 is 15.4 Å². The number of hydrogen-bond donors (Lipinski definition) is 2. The molecule has 0 bridgehead atoms. The van der Waals surface area contributed by atoms with Crippen LogP contribution in [0.3, 0.4) is 0 Å². The van der Waals surface area contributed by atoms with Crippen LogP contribution in [-0.4, -0.2) is 23.1 Å². The molecule has 0 spiro atoms. The Kier molecular flexibility index (Phi) is 7.10. The number of benzene rings is 3. The van der Waals surface area contributed by atoms with E-state index in [1.54, 1.807) is 12.1 Å². The molecule has 0 aromatic heterocycles. The van der Waals surface area contributed by atoms with Crippen LogP contribution in [0.25, 0.3) is 6.08 Å². The van der Waals surface area contributed by atoms with Crippen LogP contribution in [0.5, 0.6) is 0 Å². The second-order valence-electron chi connectivity index (χ2n) is 8.33. The Labute approximate surface area is 220 Å². The number of carbonyl (C=O) groups is 2. The van der Waals surface area contributed by atoms with E-state index in [1.165, 1.54) is 30.3 Å². The molecule has 36 heavy (non-hydrogen) atoms. The highest BCUT2D eigenvalue weighted by Crippen LogP contribution is 2.73. The molecule has 1 fully saturated rings. The average molecular weight is 554 g/mol. The Balaban J connectivity index is 1.54. The summed E-state index contributed by atoms with van der Waals surface area (Å²) < 4.78 is 39.9. The number of aldehydes is 1. The number of rotatable bonds is 8. The van der Waals surface area contributed by atoms with Crippen molar-refractivity contribution in [2.24, 2.45) is 5.41 Å². The average Bonchev–Trinajstić information content (AvgIpc) is 3.34. The summed E-state index contributed by atoms with van der Waals surface area (Å²) in [4.78, 5) is 24.8. The molecule has 10 heteroatoms. The lowest BCUT2D eigenvalue weighted by Gasteiger charge is -2.15. The monoisotopic (exact) mass is 552 g/mol. The third-order valence-corrected chi connectivity index (χ3v) is 7.65. The van der Waals surface area contributed by atoms with Crippen molar-refractivity contribution in [3.05, 3.63) is 100 Å². The molecule has 4 rings (SSSR count). The van der Waals surface area contributed by atoms with Crippen LogP contribution >= 0.6 is 34.8 Å². The minimum atomic E-state index is -1.50. The number of anilines is 2. The van der Waals surface area contributed by atoms with Gasteiger partial charge in [-0.3, -0.25) is 4.79 Å². The third kappa shape index (κ3) is 4.59. The topological polar surface area (TPSA) is 58.2 Å². The lowest BCUT2D eigenvalue weighted by Crippen LogP contribution is -2.23. The molecule has 2 N–H and O–H groups in total. The number of carbonyl (C=O) groups excluding carboxylic acids is 2. The first-order chi connectivity index (χ1) is 17.0. The molecule has 2 atom stereocenters. The van der Waals surface area contributed by atoms with Crippen molar-refractivity contribution >= 4 is 64.4 Å². The van der Waals surface area contributed by atoms with E-state index in [0.717, 1.165) is 12.1 Å². The first-order valence-corrected chi connectivity index (χ1v) is 11.7. The molecule has 1 saturated carbocycles. The second kappa shape index (κ2) is 9.81. The van der Waals surface area contributed by atoms with Crippen molar-refractivity contribution in [1.29, 1.82) is 0 Å². The standard InChI is InChI=1S/C26H18Cl3F3N2O2/c1-2-14-3-4-15(9-20(14)31)23-25(13-35,26(23,28)29)12-33-17-6-7-19(27)18(11-17)24(36)34-22-8-5-16(30)10-21(22)32/h2-11,13,23,33H,1,12H2,(H,34,36). The highest BCUT2D eigenvalue weighted by atomic mass is 35.5. The summed E-state index contributed by atoms with van der Waals surface area (Å²) >= 11 is 19.1. The van der Waals surface area contributed by atoms with Gasteiger partial charge >= 0.3 is 0 Å². The SMILES string of the molecule is C=Cc1ccc(C2C(Cl)(Cl)C2(C=O)CNc2ccc(Cl)c(C(=O)Nc3ccc(F)cc3F)c2)cc1F. The van der Waals surface area contributed by atoms with Gasteiger partial charge in [0.1, 0.15) is 28.1 Å². The van der Waals surface area contributed by atoms with Crippen molar-refractivity contribution in [3.63, 3.8) is 0 Å². The van der Waals surface area contributed by atoms with E-state index >= 15 is 0 Å². The summed E-state index contributed by atoms with van der Waals surface area (Å²) in [5, 5.41) is 5.44. The Hall–Kier alpha value is -3.00. The van der Waals surface area contributed by atoms with Crippen LogP contribution in [0.1, 0.15) is 27.4 Å². The van der Waals surface area contributed by atoms with Crippen LogP contribution in [-0.2, 0) is 4.79 Å². The number of halogens is 6. The predicted octanol–water partition coefficient (Wildman–Crippen LogP) is 7.22. The van der Waals surface area contributed by atoms with E-state index in [4.69, 9.17) is 34.8 Å². The van der Waals surface area contributed by atoms with Crippen molar-refractivity contribution < 1.29 is 22.8 Å². The fraction of sp³-hybridized carbons (Fsp3) is 0.154. The minimum Gasteiger partial charge on any atom is -0.384 e. The summed E-state index contributed by atoms with van der Waals surface area (Å²) in [6, 6.07) is 11.6. The van der Waals surface area contributed by atoms with E-state index in [1.807, 2.05) is 0 Å². The molecule has 0 aliphatic heterocycles. The molecule has 0 saturated heterocycles. The minimum absolute atomic E-state index is 0.00277. The van der Waals surface area contributed by atoms with Gasteiger partial charge in [-0.2, -0.15) is 0 Å². The van der Waals surface area contributed by atoms with Crippen molar-refractivity contribution in [2.75, 3.05) is 17.2 Å². The van der Waals surface area contributed by atoms with Crippen molar-refractivity contribution in [3.8, 4) is 0 Å². The molecular weight excluding hydrogens is 536 g/mol. The summed E-state index contributed by atoms with van der Waals surface area (Å²) in [6.45, 7) is 3.51. The summed E-state index contributed by atoms with van der Waals surface area (Å²) in [5.41, 5.74) is -0.347. The number of hydrogen-bond acceptors (Lipinski definition) is 3. The predicted molar refractivity (Wildman–Crippen MR) is 136 cm³/mol. The smallest absolute Gasteiger partial charge is 0.257 e. The molecule has 0 heterocycles. The van der Waals surface area contributed by atoms with E-state index in [2.05, 4.69) is 17.2 Å². The lowest BCUT2D eigenvalue weighted by molar-refractivity contribution is -0.112. The number of nitrogens with one attached hydrogen (secondary N) is 2. The molecule has 4 nitrogen and oxygen atoms in total. The maximum Gasteiger partial charge on any atom is 0.257 e. The van der Waals surface area contributed by atoms with Crippen molar-refractivity contribution in [2.45, 2.75) is 10.3 Å². The van der Waals surface area contributed by atoms with Gasteiger partial charge in [-0.25, -0.2) is 13.2 Å². The zero-order valence-electron chi connectivity index (χ0n) is 18.4. The zero-order chi connectivity index (χ0) is 26.3. The van der Waals surface area contributed by atoms with E-state index in [-0.39, 0.29) is 22.8 Å². The second-order valence-corrected chi connectivity index (χ2v) is 10.1. The maximum absolute atomic E-state index is 14.3. The number of alkyl halides is 2. The number of amides is 1. The fourth-order valence-corrected chi connectivity index (χ4v) is 5.29. The zero-order valence-corrected chi connectivity index (χ0v) is 20.7. The Bertz CT molecular complexity index is 1380. The molecule has 3 aromatic rings. The lowest BCUT2D eigenvalue weighted by atomic mass is 9.99. The molecule has 186 valence electrons. The maximum atomic E-state index is 14.3. The fourth-order valence-electron chi connectivity index (χ4n) is 4.12. The van der Waals surface area contributed by atoms with Gasteiger partial charge in [-0.1, -0.05) is 59.6 Å². The molecule has 2 unspecified atom stereocenters. The first-order valence-electron chi connectivity index (χ1n) is 10.6. The van der Waals surface area contributed by atoms with Crippen LogP contribution < -0.4 is 10.6 Å². The van der Waals surface area contributed by atoms with Crippen molar-refractivity contribution in [1.82, 2.24) is 0 Å². The normalized spacial score (nSPS) is 19.9. The molecule has 1 amide bonds. The largest absolute Gasteiger partial charge is 0.384 e. The van der Waals surface area contributed by atoms with Gasteiger partial charge in [-0.05, 0) is 42.0 Å². The Morgan fingerprint density at radius 3 is 2.42 bits per heavy atom. The van der Waals surface area contributed by atoms with Gasteiger partial charge in [0, 0.05) is 29.8 Å². The van der Waals surface area contributed by atoms with Crippen LogP contribution in [0.2, 0.25) is 5.02 Å². The van der Waals surface area contributed by atoms with E-state index in [9.17, 15) is 22.8 Å². The molecular formula is C26H18Cl3F3N2O2. The quantitative estimate of drug-likeness (QED) is 0.229. The molecule has 1 aliphatic rings. The van der Waals surface area contributed by atoms with Crippen LogP contribution in [0, 0.1) is 22.9 Å². The summed E-state index contributed by atoms with van der Waals surface area (Å²) in [5.74, 6) is -3.67. The van der Waals surface area contributed by atoms with Gasteiger partial charge in [0.2, 0.25) is 0 Å². The van der Waals surface area contributed by atoms with Gasteiger partial charge in [0.15, 0.2) is 0 Å². The summed E-state index contributed by atoms with van der Waals surface area (Å²) in [6.07, 6.45) is 2.00. The summed E-state index contributed by atoms with van der Waals surface area (Å²) in [7, 11) is 0. The molecule has 1 aliphatic carbocycles. The Morgan fingerprint density at radius 2 is 1.78 bits per heavy atom. The molecule has 0 radical (unpaired) electrons. The third-order valence-electron chi connectivity index (χ3n) is 6.18. The molecule has 3 aromatic carbocycles. The Morgan fingerprint density at radius 1 is 1.03 bits per heavy atom. The highest BCUT2D eigenvalue weighted by Gasteiger charge is 2.76.